The van der Waals surface area contributed by atoms with Crippen LogP contribution in [0.5, 0.6) is 0 Å². The monoisotopic (exact) mass is 524 g/mol. The second-order valence-corrected chi connectivity index (χ2v) is 11.5. The Morgan fingerprint density at radius 2 is 1.59 bits per heavy atom. The predicted octanol–water partition coefficient (Wildman–Crippen LogP) is 4.16. The van der Waals surface area contributed by atoms with Crippen molar-refractivity contribution >= 4 is 21.8 Å². The number of rotatable bonds is 10. The highest BCUT2D eigenvalue weighted by Gasteiger charge is 2.27. The van der Waals surface area contributed by atoms with Gasteiger partial charge in [0.1, 0.15) is 5.82 Å². The SMILES string of the molecule is CN(C)S(=O)(=O)N(Cc1ccc(C(=O)NCc2cccc(CN3CCCC3)c2)cc1)c1ccccc1F. The lowest BCUT2D eigenvalue weighted by atomic mass is 10.1. The van der Waals surface area contributed by atoms with Crippen LogP contribution in [-0.4, -0.2) is 50.7 Å². The van der Waals surface area contributed by atoms with Gasteiger partial charge < -0.3 is 5.32 Å². The third-order valence-electron chi connectivity index (χ3n) is 6.45. The summed E-state index contributed by atoms with van der Waals surface area (Å²) in [5.74, 6) is -0.850. The van der Waals surface area contributed by atoms with Gasteiger partial charge in [-0.05, 0) is 66.9 Å². The lowest BCUT2D eigenvalue weighted by Crippen LogP contribution is -2.40. The van der Waals surface area contributed by atoms with Crippen molar-refractivity contribution in [3.8, 4) is 0 Å². The number of hydrogen-bond acceptors (Lipinski definition) is 4. The first-order valence-corrected chi connectivity index (χ1v) is 13.8. The highest BCUT2D eigenvalue weighted by atomic mass is 32.2. The molecule has 0 atom stereocenters. The first-order valence-electron chi connectivity index (χ1n) is 12.4. The van der Waals surface area contributed by atoms with E-state index in [0.29, 0.717) is 17.7 Å². The van der Waals surface area contributed by atoms with Crippen LogP contribution in [0.3, 0.4) is 0 Å². The third kappa shape index (κ3) is 6.74. The van der Waals surface area contributed by atoms with Crippen LogP contribution in [0.4, 0.5) is 10.1 Å². The summed E-state index contributed by atoms with van der Waals surface area (Å²) in [6.07, 6.45) is 2.50. The van der Waals surface area contributed by atoms with Gasteiger partial charge in [-0.15, -0.1) is 0 Å². The molecule has 4 rings (SSSR count). The lowest BCUT2D eigenvalue weighted by Gasteiger charge is -2.27. The molecule has 3 aromatic rings. The maximum atomic E-state index is 14.5. The molecule has 0 unspecified atom stereocenters. The Balaban J connectivity index is 1.41. The molecular formula is C28H33FN4O3S. The van der Waals surface area contributed by atoms with Gasteiger partial charge in [0.25, 0.3) is 5.91 Å². The summed E-state index contributed by atoms with van der Waals surface area (Å²) in [7, 11) is -1.14. The molecule has 7 nitrogen and oxygen atoms in total. The Hall–Kier alpha value is -3.27. The number of carbonyl (C=O) groups excluding carboxylic acids is 1. The topological polar surface area (TPSA) is 73.0 Å². The summed E-state index contributed by atoms with van der Waals surface area (Å²) in [5.41, 5.74) is 3.33. The number of hydrogen-bond donors (Lipinski definition) is 1. The molecule has 1 saturated heterocycles. The van der Waals surface area contributed by atoms with Crippen LogP contribution in [0, 0.1) is 5.82 Å². The molecule has 1 heterocycles. The van der Waals surface area contributed by atoms with Crippen molar-refractivity contribution < 1.29 is 17.6 Å². The van der Waals surface area contributed by atoms with Gasteiger partial charge in [0.05, 0.1) is 12.2 Å². The maximum absolute atomic E-state index is 14.5. The van der Waals surface area contributed by atoms with Gasteiger partial charge in [0.2, 0.25) is 0 Å². The number of carbonyl (C=O) groups is 1. The fourth-order valence-electron chi connectivity index (χ4n) is 4.39. The fourth-order valence-corrected chi connectivity index (χ4v) is 5.49. The standard InChI is InChI=1S/C28H33FN4O3S/c1-31(2)37(35,36)33(27-11-4-3-10-26(27)29)21-22-12-14-25(15-13-22)28(34)30-19-23-8-7-9-24(18-23)20-32-16-5-6-17-32/h3-4,7-15,18H,5-6,16-17,19-21H2,1-2H3,(H,30,34). The molecule has 3 aromatic carbocycles. The molecule has 0 aliphatic carbocycles. The van der Waals surface area contributed by atoms with Crippen LogP contribution in [0.25, 0.3) is 0 Å². The highest BCUT2D eigenvalue weighted by molar-refractivity contribution is 7.90. The van der Waals surface area contributed by atoms with E-state index in [4.69, 9.17) is 0 Å². The van der Waals surface area contributed by atoms with E-state index in [1.165, 1.54) is 50.7 Å². The average molecular weight is 525 g/mol. The van der Waals surface area contributed by atoms with Crippen LogP contribution in [0.2, 0.25) is 0 Å². The molecule has 1 N–H and O–H groups in total. The van der Waals surface area contributed by atoms with Crippen LogP contribution >= 0.6 is 0 Å². The van der Waals surface area contributed by atoms with Crippen LogP contribution in [0.1, 0.15) is 39.9 Å². The van der Waals surface area contributed by atoms with E-state index < -0.39 is 16.0 Å². The van der Waals surface area contributed by atoms with Crippen molar-refractivity contribution in [3.63, 3.8) is 0 Å². The molecule has 0 spiro atoms. The Morgan fingerprint density at radius 1 is 0.919 bits per heavy atom. The molecule has 0 bridgehead atoms. The first-order chi connectivity index (χ1) is 17.7. The zero-order chi connectivity index (χ0) is 26.4. The van der Waals surface area contributed by atoms with Gasteiger partial charge in [0, 0.05) is 32.7 Å². The summed E-state index contributed by atoms with van der Waals surface area (Å²) in [5, 5.41) is 2.95. The molecule has 9 heteroatoms. The highest BCUT2D eigenvalue weighted by Crippen LogP contribution is 2.25. The van der Waals surface area contributed by atoms with Crippen molar-refractivity contribution in [3.05, 3.63) is 101 Å². The molecule has 37 heavy (non-hydrogen) atoms. The second kappa shape index (κ2) is 11.9. The predicted molar refractivity (Wildman–Crippen MR) is 144 cm³/mol. The number of amides is 1. The smallest absolute Gasteiger partial charge is 0.303 e. The molecule has 0 radical (unpaired) electrons. The van der Waals surface area contributed by atoms with Gasteiger partial charge in [-0.1, -0.05) is 48.5 Å². The molecule has 1 aliphatic heterocycles. The average Bonchev–Trinajstić information content (AvgIpc) is 3.40. The van der Waals surface area contributed by atoms with Crippen molar-refractivity contribution in [2.45, 2.75) is 32.5 Å². The minimum atomic E-state index is -3.95. The van der Waals surface area contributed by atoms with Gasteiger partial charge in [-0.2, -0.15) is 12.7 Å². The van der Waals surface area contributed by atoms with E-state index in [1.807, 2.05) is 12.1 Å². The van der Waals surface area contributed by atoms with Gasteiger partial charge in [-0.25, -0.2) is 4.39 Å². The van der Waals surface area contributed by atoms with E-state index in [-0.39, 0.29) is 18.1 Å². The van der Waals surface area contributed by atoms with Crippen molar-refractivity contribution in [1.82, 2.24) is 14.5 Å². The van der Waals surface area contributed by atoms with Gasteiger partial charge in [0.15, 0.2) is 0 Å². The van der Waals surface area contributed by atoms with Crippen LogP contribution in [-0.2, 0) is 29.8 Å². The molecule has 1 amide bonds. The van der Waals surface area contributed by atoms with Crippen molar-refractivity contribution in [1.29, 1.82) is 0 Å². The summed E-state index contributed by atoms with van der Waals surface area (Å²) < 4.78 is 42.4. The van der Waals surface area contributed by atoms with E-state index in [9.17, 15) is 17.6 Å². The zero-order valence-corrected chi connectivity index (χ0v) is 22.0. The number of nitrogens with one attached hydrogen (secondary N) is 1. The number of benzene rings is 3. The number of likely N-dealkylation sites (tertiary alicyclic amines) is 1. The molecule has 1 fully saturated rings. The quantitative estimate of drug-likeness (QED) is 0.432. The van der Waals surface area contributed by atoms with E-state index in [2.05, 4.69) is 22.3 Å². The van der Waals surface area contributed by atoms with Crippen molar-refractivity contribution in [2.75, 3.05) is 31.5 Å². The summed E-state index contributed by atoms with van der Waals surface area (Å²) in [4.78, 5) is 15.2. The number of nitrogens with zero attached hydrogens (tertiary/aromatic N) is 3. The van der Waals surface area contributed by atoms with E-state index in [0.717, 1.165) is 33.8 Å². The Bertz CT molecular complexity index is 1320. The molecule has 0 aromatic heterocycles. The maximum Gasteiger partial charge on any atom is 0.303 e. The fraction of sp³-hybridized carbons (Fsp3) is 0.321. The van der Waals surface area contributed by atoms with Crippen LogP contribution in [0.15, 0.2) is 72.8 Å². The van der Waals surface area contributed by atoms with Crippen molar-refractivity contribution in [2.24, 2.45) is 0 Å². The Kier molecular flexibility index (Phi) is 8.58. The largest absolute Gasteiger partial charge is 0.348 e. The van der Waals surface area contributed by atoms with Gasteiger partial charge >= 0.3 is 10.2 Å². The summed E-state index contributed by atoms with van der Waals surface area (Å²) in [6.45, 7) is 3.53. The summed E-state index contributed by atoms with van der Waals surface area (Å²) >= 11 is 0. The molecule has 1 aliphatic rings. The minimum Gasteiger partial charge on any atom is -0.348 e. The lowest BCUT2D eigenvalue weighted by molar-refractivity contribution is 0.0951. The minimum absolute atomic E-state index is 0.0371. The second-order valence-electron chi connectivity index (χ2n) is 9.43. The third-order valence-corrected chi connectivity index (χ3v) is 8.26. The normalized spacial score (nSPS) is 14.2. The van der Waals surface area contributed by atoms with E-state index in [1.54, 1.807) is 30.3 Å². The van der Waals surface area contributed by atoms with Crippen LogP contribution < -0.4 is 9.62 Å². The first kappa shape index (κ1) is 26.8. The number of para-hydroxylation sites is 1. The molecular weight excluding hydrogens is 491 g/mol. The number of halogens is 1. The van der Waals surface area contributed by atoms with Gasteiger partial charge in [-0.3, -0.25) is 14.0 Å². The number of anilines is 1. The molecule has 196 valence electrons. The Morgan fingerprint density at radius 3 is 2.27 bits per heavy atom. The molecule has 0 saturated carbocycles. The zero-order valence-electron chi connectivity index (χ0n) is 21.2. The van der Waals surface area contributed by atoms with E-state index >= 15 is 0 Å². The Labute approximate surface area is 218 Å². The summed E-state index contributed by atoms with van der Waals surface area (Å²) in [6, 6.07) is 20.7.